The Hall–Kier alpha value is -3.99. The summed E-state index contributed by atoms with van der Waals surface area (Å²) in [6.07, 6.45) is 3.06. The molecule has 0 aliphatic carbocycles. The average molecular weight is 453 g/mol. The second kappa shape index (κ2) is 9.02. The number of amides is 2. The van der Waals surface area contributed by atoms with Gasteiger partial charge in [-0.3, -0.25) is 25.0 Å². The van der Waals surface area contributed by atoms with Gasteiger partial charge in [0.15, 0.2) is 0 Å². The maximum Gasteiger partial charge on any atom is 0.269 e. The number of nitrogens with one attached hydrogen (secondary N) is 1. The Bertz CT molecular complexity index is 1190. The van der Waals surface area contributed by atoms with Gasteiger partial charge in [-0.1, -0.05) is 11.3 Å². The van der Waals surface area contributed by atoms with Gasteiger partial charge in [-0.15, -0.1) is 10.2 Å². The van der Waals surface area contributed by atoms with Gasteiger partial charge in [0, 0.05) is 42.8 Å². The summed E-state index contributed by atoms with van der Waals surface area (Å²) in [7, 11) is 0. The Balaban J connectivity index is 1.36. The van der Waals surface area contributed by atoms with Crippen LogP contribution in [0.1, 0.15) is 22.9 Å². The number of aromatic nitrogens is 2. The van der Waals surface area contributed by atoms with E-state index in [1.807, 2.05) is 0 Å². The molecule has 11 heteroatoms. The number of nitro benzene ring substituents is 1. The van der Waals surface area contributed by atoms with E-state index >= 15 is 0 Å². The lowest BCUT2D eigenvalue weighted by Crippen LogP contribution is -2.24. The summed E-state index contributed by atoms with van der Waals surface area (Å²) < 4.78 is 13.1. The topological polar surface area (TPSA) is 118 Å². The van der Waals surface area contributed by atoms with Crippen molar-refractivity contribution in [1.29, 1.82) is 0 Å². The summed E-state index contributed by atoms with van der Waals surface area (Å²) >= 11 is 1.19. The van der Waals surface area contributed by atoms with Crippen molar-refractivity contribution >= 4 is 45.7 Å². The molecule has 1 atom stereocenters. The predicted molar refractivity (Wildman–Crippen MR) is 117 cm³/mol. The second-order valence-corrected chi connectivity index (χ2v) is 8.01. The van der Waals surface area contributed by atoms with E-state index in [0.717, 1.165) is 0 Å². The van der Waals surface area contributed by atoms with Crippen LogP contribution >= 0.6 is 11.3 Å². The zero-order valence-electron chi connectivity index (χ0n) is 16.5. The third kappa shape index (κ3) is 4.83. The first-order valence-corrected chi connectivity index (χ1v) is 10.3. The van der Waals surface area contributed by atoms with Gasteiger partial charge in [-0.25, -0.2) is 4.39 Å². The fourth-order valence-electron chi connectivity index (χ4n) is 3.22. The van der Waals surface area contributed by atoms with Gasteiger partial charge >= 0.3 is 0 Å². The molecule has 1 aliphatic rings. The Labute approximate surface area is 185 Å². The highest BCUT2D eigenvalue weighted by Gasteiger charge is 2.34. The van der Waals surface area contributed by atoms with Crippen molar-refractivity contribution in [3.8, 4) is 0 Å². The lowest BCUT2D eigenvalue weighted by molar-refractivity contribution is -0.384. The largest absolute Gasteiger partial charge is 0.312 e. The fourth-order valence-corrected chi connectivity index (χ4v) is 4.06. The van der Waals surface area contributed by atoms with Crippen LogP contribution in [-0.2, 0) is 9.59 Å². The Morgan fingerprint density at radius 2 is 1.91 bits per heavy atom. The van der Waals surface area contributed by atoms with Crippen molar-refractivity contribution in [1.82, 2.24) is 10.2 Å². The smallest absolute Gasteiger partial charge is 0.269 e. The first-order chi connectivity index (χ1) is 15.4. The van der Waals surface area contributed by atoms with E-state index in [1.54, 1.807) is 17.0 Å². The number of carbonyl (C=O) groups excluding carboxylic acids is 2. The molecule has 1 fully saturated rings. The normalized spacial score (nSPS) is 16.0. The van der Waals surface area contributed by atoms with E-state index in [-0.39, 0.29) is 29.8 Å². The minimum absolute atomic E-state index is 0.0311. The van der Waals surface area contributed by atoms with Crippen LogP contribution in [0.2, 0.25) is 0 Å². The number of benzene rings is 2. The number of hydrogen-bond acceptors (Lipinski definition) is 7. The zero-order chi connectivity index (χ0) is 22.7. The van der Waals surface area contributed by atoms with Gasteiger partial charge < -0.3 is 4.90 Å². The molecule has 1 aromatic heterocycles. The molecule has 2 heterocycles. The number of non-ortho nitro benzene ring substituents is 1. The lowest BCUT2D eigenvalue weighted by atomic mass is 10.1. The van der Waals surface area contributed by atoms with Gasteiger partial charge in [0.1, 0.15) is 10.8 Å². The monoisotopic (exact) mass is 453 g/mol. The van der Waals surface area contributed by atoms with Crippen molar-refractivity contribution in [3.05, 3.63) is 81.1 Å². The molecule has 1 aliphatic heterocycles. The van der Waals surface area contributed by atoms with Crippen molar-refractivity contribution in [3.63, 3.8) is 0 Å². The van der Waals surface area contributed by atoms with Gasteiger partial charge in [-0.2, -0.15) is 0 Å². The summed E-state index contributed by atoms with van der Waals surface area (Å²) in [6.45, 7) is 0.396. The third-order valence-corrected chi connectivity index (χ3v) is 5.82. The molecule has 162 valence electrons. The van der Waals surface area contributed by atoms with Crippen molar-refractivity contribution in [2.45, 2.75) is 12.3 Å². The number of nitrogens with zero attached hydrogens (tertiary/aromatic N) is 4. The minimum Gasteiger partial charge on any atom is -0.312 e. The van der Waals surface area contributed by atoms with Crippen LogP contribution in [0.4, 0.5) is 20.9 Å². The Morgan fingerprint density at radius 1 is 1.19 bits per heavy atom. The van der Waals surface area contributed by atoms with E-state index in [1.165, 1.54) is 59.9 Å². The van der Waals surface area contributed by atoms with Crippen LogP contribution < -0.4 is 10.2 Å². The van der Waals surface area contributed by atoms with Crippen molar-refractivity contribution in [2.75, 3.05) is 16.8 Å². The number of anilines is 2. The SMILES string of the molecule is O=C(/C=C/c1ccc([N+](=O)[O-])cc1)Nc1nnc(C2CC(=O)N(c3ccc(F)cc3)C2)s1. The third-order valence-electron chi connectivity index (χ3n) is 4.81. The summed E-state index contributed by atoms with van der Waals surface area (Å²) in [4.78, 5) is 36.3. The molecule has 1 N–H and O–H groups in total. The summed E-state index contributed by atoms with van der Waals surface area (Å²) in [5.41, 5.74) is 1.22. The molecule has 0 bridgehead atoms. The maximum atomic E-state index is 13.1. The van der Waals surface area contributed by atoms with Crippen LogP contribution in [0.5, 0.6) is 0 Å². The van der Waals surface area contributed by atoms with E-state index < -0.39 is 10.8 Å². The molecule has 1 saturated heterocycles. The van der Waals surface area contributed by atoms with Gasteiger partial charge in [0.25, 0.3) is 5.69 Å². The van der Waals surface area contributed by atoms with Crippen LogP contribution in [-0.4, -0.2) is 33.5 Å². The molecule has 32 heavy (non-hydrogen) atoms. The highest BCUT2D eigenvalue weighted by molar-refractivity contribution is 7.15. The number of carbonyl (C=O) groups is 2. The van der Waals surface area contributed by atoms with E-state index in [9.17, 15) is 24.1 Å². The molecular weight excluding hydrogens is 437 g/mol. The quantitative estimate of drug-likeness (QED) is 0.345. The van der Waals surface area contributed by atoms with Gasteiger partial charge in [0.05, 0.1) is 4.92 Å². The maximum absolute atomic E-state index is 13.1. The highest BCUT2D eigenvalue weighted by Crippen LogP contribution is 2.34. The predicted octanol–water partition coefficient (Wildman–Crippen LogP) is 3.76. The molecular formula is C21H16FN5O4S. The van der Waals surface area contributed by atoms with Crippen molar-refractivity contribution in [2.24, 2.45) is 0 Å². The standard InChI is InChI=1S/C21H16FN5O4S/c22-15-4-8-16(9-5-15)26-12-14(11-19(26)29)20-24-25-21(32-20)23-18(28)10-3-13-1-6-17(7-2-13)27(30)31/h1-10,14H,11-12H2,(H,23,25,28)/b10-3+. The molecule has 0 spiro atoms. The lowest BCUT2D eigenvalue weighted by Gasteiger charge is -2.16. The molecule has 2 amide bonds. The molecule has 4 rings (SSSR count). The average Bonchev–Trinajstić information content (AvgIpc) is 3.39. The van der Waals surface area contributed by atoms with Crippen LogP contribution in [0, 0.1) is 15.9 Å². The summed E-state index contributed by atoms with van der Waals surface area (Å²) in [6, 6.07) is 11.5. The molecule has 3 aromatic rings. The second-order valence-electron chi connectivity index (χ2n) is 7.00. The van der Waals surface area contributed by atoms with E-state index in [2.05, 4.69) is 15.5 Å². The highest BCUT2D eigenvalue weighted by atomic mass is 32.1. The summed E-state index contributed by atoms with van der Waals surface area (Å²) in [5, 5.41) is 22.3. The number of rotatable bonds is 6. The van der Waals surface area contributed by atoms with Crippen LogP contribution in [0.25, 0.3) is 6.08 Å². The molecule has 9 nitrogen and oxygen atoms in total. The molecule has 0 radical (unpaired) electrons. The Morgan fingerprint density at radius 3 is 2.59 bits per heavy atom. The number of nitro groups is 1. The van der Waals surface area contributed by atoms with E-state index in [4.69, 9.17) is 0 Å². The van der Waals surface area contributed by atoms with Crippen LogP contribution in [0.15, 0.2) is 54.6 Å². The summed E-state index contributed by atoms with van der Waals surface area (Å²) in [5.74, 6) is -1.06. The minimum atomic E-state index is -0.496. The first-order valence-electron chi connectivity index (χ1n) is 9.52. The van der Waals surface area contributed by atoms with Crippen molar-refractivity contribution < 1.29 is 18.9 Å². The van der Waals surface area contributed by atoms with Gasteiger partial charge in [0.2, 0.25) is 16.9 Å². The first kappa shape index (κ1) is 21.2. The Kier molecular flexibility index (Phi) is 5.99. The molecule has 2 aromatic carbocycles. The number of halogens is 1. The number of hydrogen-bond donors (Lipinski definition) is 1. The molecule has 1 unspecified atom stereocenters. The fraction of sp³-hybridized carbons (Fsp3) is 0.143. The van der Waals surface area contributed by atoms with E-state index in [0.29, 0.717) is 27.9 Å². The zero-order valence-corrected chi connectivity index (χ0v) is 17.3. The van der Waals surface area contributed by atoms with Crippen LogP contribution in [0.3, 0.4) is 0 Å². The molecule has 0 saturated carbocycles. The van der Waals surface area contributed by atoms with Gasteiger partial charge in [-0.05, 0) is 48.0 Å².